The van der Waals surface area contributed by atoms with Gasteiger partial charge in [0.15, 0.2) is 5.65 Å². The van der Waals surface area contributed by atoms with Crippen LogP contribution in [0.4, 0.5) is 17.3 Å². The van der Waals surface area contributed by atoms with Crippen LogP contribution in [0.15, 0.2) is 71.9 Å². The quantitative estimate of drug-likeness (QED) is 0.449. The van der Waals surface area contributed by atoms with Gasteiger partial charge in [0.05, 0.1) is 7.11 Å². The fraction of sp³-hybridized carbons (Fsp3) is 0.217. The number of piperazine rings is 1. The molecule has 1 saturated heterocycles. The van der Waals surface area contributed by atoms with Crippen LogP contribution in [0, 0.1) is 0 Å². The van der Waals surface area contributed by atoms with E-state index >= 15 is 0 Å². The van der Waals surface area contributed by atoms with Crippen LogP contribution in [-0.2, 0) is 10.0 Å². The van der Waals surface area contributed by atoms with Gasteiger partial charge in [0.1, 0.15) is 10.6 Å². The molecule has 10 heteroatoms. The van der Waals surface area contributed by atoms with E-state index in [1.807, 2.05) is 12.1 Å². The van der Waals surface area contributed by atoms with Crippen LogP contribution in [0.2, 0.25) is 0 Å². The van der Waals surface area contributed by atoms with Gasteiger partial charge in [-0.3, -0.25) is 0 Å². The highest BCUT2D eigenvalue weighted by atomic mass is 32.2. The zero-order valence-electron chi connectivity index (χ0n) is 18.1. The van der Waals surface area contributed by atoms with E-state index in [0.29, 0.717) is 11.3 Å². The number of rotatable bonds is 6. The zero-order valence-corrected chi connectivity index (χ0v) is 18.9. The minimum atomic E-state index is -3.91. The number of fused-ring (bicyclic) bond motifs is 1. The van der Waals surface area contributed by atoms with Gasteiger partial charge in [-0.25, -0.2) is 17.4 Å². The van der Waals surface area contributed by atoms with Crippen molar-refractivity contribution in [3.8, 4) is 5.75 Å². The number of benzene rings is 2. The van der Waals surface area contributed by atoms with Crippen molar-refractivity contribution in [1.82, 2.24) is 19.3 Å². The highest BCUT2D eigenvalue weighted by molar-refractivity contribution is 7.90. The number of hydrogen-bond acceptors (Lipinski definition) is 8. The molecule has 0 unspecified atom stereocenters. The third-order valence-electron chi connectivity index (χ3n) is 5.61. The predicted octanol–water partition coefficient (Wildman–Crippen LogP) is 2.83. The molecule has 4 aromatic rings. The summed E-state index contributed by atoms with van der Waals surface area (Å²) in [4.78, 5) is 11.2. The molecule has 0 radical (unpaired) electrons. The largest absolute Gasteiger partial charge is 0.495 e. The van der Waals surface area contributed by atoms with E-state index in [0.717, 1.165) is 41.5 Å². The molecule has 0 saturated carbocycles. The van der Waals surface area contributed by atoms with E-state index in [1.54, 1.807) is 30.5 Å². The fourth-order valence-electron chi connectivity index (χ4n) is 3.89. The average Bonchev–Trinajstić information content (AvgIpc) is 3.29. The molecule has 0 aliphatic carbocycles. The summed E-state index contributed by atoms with van der Waals surface area (Å²) >= 11 is 0. The number of nitrogens with zero attached hydrogens (tertiary/aromatic N) is 4. The summed E-state index contributed by atoms with van der Waals surface area (Å²) in [7, 11) is -2.47. The number of para-hydroxylation sites is 1. The summed E-state index contributed by atoms with van der Waals surface area (Å²) < 4.78 is 33.1. The van der Waals surface area contributed by atoms with Crippen molar-refractivity contribution >= 4 is 38.4 Å². The van der Waals surface area contributed by atoms with Gasteiger partial charge < -0.3 is 20.3 Å². The first kappa shape index (κ1) is 21.2. The smallest absolute Gasteiger partial charge is 0.273 e. The van der Waals surface area contributed by atoms with Crippen LogP contribution in [-0.4, -0.2) is 55.6 Å². The summed E-state index contributed by atoms with van der Waals surface area (Å²) in [6.07, 6.45) is 3.08. The number of ether oxygens (including phenoxy) is 1. The second-order valence-electron chi connectivity index (χ2n) is 7.65. The molecule has 0 atom stereocenters. The maximum absolute atomic E-state index is 13.3. The molecule has 0 spiro atoms. The van der Waals surface area contributed by atoms with Gasteiger partial charge in [0, 0.05) is 55.3 Å². The molecule has 5 rings (SSSR count). The molecule has 0 bridgehead atoms. The van der Waals surface area contributed by atoms with Gasteiger partial charge in [-0.2, -0.15) is 4.98 Å². The molecule has 3 heterocycles. The van der Waals surface area contributed by atoms with E-state index in [4.69, 9.17) is 4.74 Å². The van der Waals surface area contributed by atoms with E-state index < -0.39 is 10.0 Å². The number of nitrogens with one attached hydrogen (secondary N) is 2. The lowest BCUT2D eigenvalue weighted by molar-refractivity contribution is 0.402. The SMILES string of the molecule is COc1ccccc1S(=O)(=O)n1ccc2cnc(Nc3ccc(N4CCNCC4)cc3)nc21. The number of aromatic nitrogens is 3. The van der Waals surface area contributed by atoms with E-state index in [1.165, 1.54) is 19.4 Å². The van der Waals surface area contributed by atoms with Gasteiger partial charge in [-0.05, 0) is 42.5 Å². The first-order valence-corrected chi connectivity index (χ1v) is 12.1. The third-order valence-corrected chi connectivity index (χ3v) is 7.31. The van der Waals surface area contributed by atoms with Crippen LogP contribution in [0.5, 0.6) is 5.75 Å². The molecule has 170 valence electrons. The van der Waals surface area contributed by atoms with Crippen molar-refractivity contribution < 1.29 is 13.2 Å². The summed E-state index contributed by atoms with van der Waals surface area (Å²) in [6, 6.07) is 16.2. The Labute approximate surface area is 192 Å². The van der Waals surface area contributed by atoms with E-state index in [9.17, 15) is 8.42 Å². The van der Waals surface area contributed by atoms with Crippen LogP contribution in [0.3, 0.4) is 0 Å². The molecule has 2 aromatic heterocycles. The topological polar surface area (TPSA) is 101 Å². The van der Waals surface area contributed by atoms with Gasteiger partial charge in [-0.1, -0.05) is 12.1 Å². The summed E-state index contributed by atoms with van der Waals surface area (Å²) in [6.45, 7) is 3.91. The zero-order chi connectivity index (χ0) is 22.8. The molecular formula is C23H24N6O3S. The minimum absolute atomic E-state index is 0.0709. The predicted molar refractivity (Wildman–Crippen MR) is 128 cm³/mol. The lowest BCUT2D eigenvalue weighted by Gasteiger charge is -2.29. The first-order valence-electron chi connectivity index (χ1n) is 10.6. The van der Waals surface area contributed by atoms with Crippen LogP contribution in [0.1, 0.15) is 0 Å². The van der Waals surface area contributed by atoms with Crippen molar-refractivity contribution in [2.24, 2.45) is 0 Å². The Hall–Kier alpha value is -3.63. The molecule has 33 heavy (non-hydrogen) atoms. The second-order valence-corrected chi connectivity index (χ2v) is 9.43. The Bertz CT molecular complexity index is 1380. The second kappa shape index (κ2) is 8.72. The Morgan fingerprint density at radius 1 is 1.03 bits per heavy atom. The summed E-state index contributed by atoms with van der Waals surface area (Å²) in [5, 5.41) is 7.14. The fourth-order valence-corrected chi connectivity index (χ4v) is 5.36. The van der Waals surface area contributed by atoms with Gasteiger partial charge >= 0.3 is 0 Å². The van der Waals surface area contributed by atoms with Crippen molar-refractivity contribution in [2.75, 3.05) is 43.5 Å². The van der Waals surface area contributed by atoms with Crippen molar-refractivity contribution in [2.45, 2.75) is 4.90 Å². The van der Waals surface area contributed by atoms with Gasteiger partial charge in [0.2, 0.25) is 5.95 Å². The van der Waals surface area contributed by atoms with E-state index in [-0.39, 0.29) is 16.3 Å². The normalized spacial score (nSPS) is 14.4. The molecule has 1 aliphatic heterocycles. The lowest BCUT2D eigenvalue weighted by Crippen LogP contribution is -2.43. The molecule has 9 nitrogen and oxygen atoms in total. The Balaban J connectivity index is 1.44. The first-order chi connectivity index (χ1) is 16.1. The van der Waals surface area contributed by atoms with Gasteiger partial charge in [0.25, 0.3) is 10.0 Å². The summed E-state index contributed by atoms with van der Waals surface area (Å²) in [5.74, 6) is 0.587. The average molecular weight is 465 g/mol. The minimum Gasteiger partial charge on any atom is -0.495 e. The molecule has 2 N–H and O–H groups in total. The number of hydrogen-bond donors (Lipinski definition) is 2. The van der Waals surface area contributed by atoms with E-state index in [2.05, 4.69) is 37.6 Å². The maximum atomic E-state index is 13.3. The van der Waals surface area contributed by atoms with Crippen molar-refractivity contribution in [3.05, 3.63) is 67.0 Å². The van der Waals surface area contributed by atoms with Crippen molar-refractivity contribution in [1.29, 1.82) is 0 Å². The third kappa shape index (κ3) is 4.10. The lowest BCUT2D eigenvalue weighted by atomic mass is 10.2. The Morgan fingerprint density at radius 3 is 2.55 bits per heavy atom. The van der Waals surface area contributed by atoms with Crippen molar-refractivity contribution in [3.63, 3.8) is 0 Å². The highest BCUT2D eigenvalue weighted by Crippen LogP contribution is 2.28. The molecule has 0 amide bonds. The number of anilines is 3. The molecular weight excluding hydrogens is 440 g/mol. The van der Waals surface area contributed by atoms with Crippen LogP contribution >= 0.6 is 0 Å². The number of methoxy groups -OCH3 is 1. The van der Waals surface area contributed by atoms with Crippen LogP contribution in [0.25, 0.3) is 11.0 Å². The standard InChI is InChI=1S/C23H24N6O3S/c1-32-20-4-2-3-5-21(20)33(30,31)29-13-10-17-16-25-23(27-22(17)29)26-18-6-8-19(9-7-18)28-14-11-24-12-15-28/h2-10,13,16,24H,11-12,14-15H2,1H3,(H,25,26,27). The Morgan fingerprint density at radius 2 is 1.79 bits per heavy atom. The molecule has 2 aromatic carbocycles. The summed E-state index contributed by atoms with van der Waals surface area (Å²) in [5.41, 5.74) is 2.27. The Kier molecular flexibility index (Phi) is 5.61. The van der Waals surface area contributed by atoms with Gasteiger partial charge in [-0.15, -0.1) is 0 Å². The monoisotopic (exact) mass is 464 g/mol. The van der Waals surface area contributed by atoms with Crippen LogP contribution < -0.4 is 20.3 Å². The molecule has 1 fully saturated rings. The molecule has 1 aliphatic rings. The highest BCUT2D eigenvalue weighted by Gasteiger charge is 2.24. The maximum Gasteiger partial charge on any atom is 0.273 e.